The number of hydrogen-bond acceptors (Lipinski definition) is 8. The average molecular weight is 705 g/mol. The van der Waals surface area contributed by atoms with Crippen molar-refractivity contribution in [1.29, 1.82) is 0 Å². The number of aromatic hydroxyl groups is 1. The Morgan fingerprint density at radius 1 is 0.962 bits per heavy atom. The molecule has 270 valence electrons. The Labute approximate surface area is 301 Å². The topological polar surface area (TPSA) is 194 Å². The molecular weight excluding hydrogens is 660 g/mol. The van der Waals surface area contributed by atoms with Crippen LogP contribution < -0.4 is 26.8 Å². The van der Waals surface area contributed by atoms with Gasteiger partial charge >= 0.3 is 6.09 Å². The van der Waals surface area contributed by atoms with Crippen molar-refractivity contribution in [3.8, 4) is 16.9 Å². The predicted octanol–water partition coefficient (Wildman–Crippen LogP) is 5.83. The summed E-state index contributed by atoms with van der Waals surface area (Å²) in [5.41, 5.74) is 10.9. The maximum absolute atomic E-state index is 12.8. The number of carbonyl (C=O) groups is 2. The number of nitrogens with one attached hydrogen (secondary N) is 3. The van der Waals surface area contributed by atoms with Crippen molar-refractivity contribution in [3.05, 3.63) is 118 Å². The number of hydrogen-bond donors (Lipinski definition) is 7. The zero-order valence-electron chi connectivity index (χ0n) is 28.8. The fourth-order valence-electron chi connectivity index (χ4n) is 6.88. The molecule has 1 saturated carbocycles. The first-order chi connectivity index (χ1) is 25.2. The average Bonchev–Trinajstić information content (AvgIpc) is 3.14. The van der Waals surface area contributed by atoms with Crippen molar-refractivity contribution in [3.63, 3.8) is 0 Å². The molecule has 6 rings (SSSR count). The second-order valence-corrected chi connectivity index (χ2v) is 13.3. The van der Waals surface area contributed by atoms with Crippen molar-refractivity contribution in [2.45, 2.75) is 69.7 Å². The highest BCUT2D eigenvalue weighted by Crippen LogP contribution is 2.36. The zero-order valence-corrected chi connectivity index (χ0v) is 28.8. The quantitative estimate of drug-likeness (QED) is 0.0789. The predicted molar refractivity (Wildman–Crippen MR) is 201 cm³/mol. The molecule has 52 heavy (non-hydrogen) atoms. The van der Waals surface area contributed by atoms with Gasteiger partial charge in [-0.25, -0.2) is 9.78 Å². The Morgan fingerprint density at radius 2 is 1.73 bits per heavy atom. The molecule has 2 aromatic heterocycles. The molecule has 1 aliphatic rings. The van der Waals surface area contributed by atoms with Crippen LogP contribution in [0.5, 0.6) is 5.75 Å². The first kappa shape index (κ1) is 36.2. The third-order valence-corrected chi connectivity index (χ3v) is 9.61. The number of fused-ring (bicyclic) bond motifs is 1. The zero-order chi connectivity index (χ0) is 36.6. The van der Waals surface area contributed by atoms with E-state index < -0.39 is 12.2 Å². The molecule has 1 aliphatic carbocycles. The van der Waals surface area contributed by atoms with Gasteiger partial charge in [-0.3, -0.25) is 14.5 Å². The molecule has 0 bridgehead atoms. The molecule has 0 radical (unpaired) electrons. The lowest BCUT2D eigenvalue weighted by Crippen LogP contribution is -2.44. The molecule has 0 spiro atoms. The summed E-state index contributed by atoms with van der Waals surface area (Å²) in [5, 5.41) is 37.9. The van der Waals surface area contributed by atoms with Crippen LogP contribution in [0, 0.1) is 0 Å². The smallest absolute Gasteiger partial charge is 0.412 e. The number of H-pyrrole nitrogens is 1. The highest BCUT2D eigenvalue weighted by molar-refractivity contribution is 5.94. The summed E-state index contributed by atoms with van der Waals surface area (Å²) >= 11 is 0. The SMILES string of the molecule is NC1CCC(N(C(=O)O)c2cc(CCCC(=O)Nc3ccc(CNC[C@@H](O)c4ccc(O)c5[nH]c(=O)ccc45)cn3)ccc2-c2ccccc2)CC1. The third-order valence-electron chi connectivity index (χ3n) is 9.61. The largest absolute Gasteiger partial charge is 0.506 e. The maximum atomic E-state index is 12.8. The second kappa shape index (κ2) is 16.6. The van der Waals surface area contributed by atoms with Gasteiger partial charge in [-0.2, -0.15) is 0 Å². The monoisotopic (exact) mass is 704 g/mol. The fraction of sp³-hybridized carbons (Fsp3) is 0.300. The molecule has 8 N–H and O–H groups in total. The number of phenols is 1. The van der Waals surface area contributed by atoms with E-state index >= 15 is 0 Å². The summed E-state index contributed by atoms with van der Waals surface area (Å²) in [6.45, 7) is 0.640. The normalized spacial score (nSPS) is 16.3. The van der Waals surface area contributed by atoms with Gasteiger partial charge in [0, 0.05) is 54.8 Å². The first-order valence-electron chi connectivity index (χ1n) is 17.6. The molecule has 12 nitrogen and oxygen atoms in total. The van der Waals surface area contributed by atoms with E-state index in [2.05, 4.69) is 20.6 Å². The Bertz CT molecular complexity index is 2060. The lowest BCUT2D eigenvalue weighted by atomic mass is 9.89. The molecule has 2 heterocycles. The lowest BCUT2D eigenvalue weighted by molar-refractivity contribution is -0.116. The Hall–Kier alpha value is -5.56. The molecule has 0 saturated heterocycles. The van der Waals surface area contributed by atoms with Crippen LogP contribution in [-0.2, 0) is 17.8 Å². The highest BCUT2D eigenvalue weighted by Gasteiger charge is 2.30. The third kappa shape index (κ3) is 8.83. The number of amides is 2. The number of aliphatic hydroxyl groups excluding tert-OH is 1. The van der Waals surface area contributed by atoms with Crippen molar-refractivity contribution in [2.24, 2.45) is 5.73 Å². The highest BCUT2D eigenvalue weighted by atomic mass is 16.4. The Morgan fingerprint density at radius 3 is 2.46 bits per heavy atom. The summed E-state index contributed by atoms with van der Waals surface area (Å²) in [7, 11) is 0. The first-order valence-corrected chi connectivity index (χ1v) is 17.6. The Kier molecular flexibility index (Phi) is 11.6. The summed E-state index contributed by atoms with van der Waals surface area (Å²) in [5.74, 6) is 0.191. The van der Waals surface area contributed by atoms with Crippen molar-refractivity contribution >= 4 is 34.4 Å². The number of carbonyl (C=O) groups excluding carboxylic acids is 1. The van der Waals surface area contributed by atoms with E-state index in [0.29, 0.717) is 54.7 Å². The van der Waals surface area contributed by atoms with E-state index in [1.165, 1.54) is 17.0 Å². The van der Waals surface area contributed by atoms with Gasteiger partial charge in [0.25, 0.3) is 0 Å². The molecule has 5 aromatic rings. The summed E-state index contributed by atoms with van der Waals surface area (Å²) in [4.78, 5) is 45.7. The maximum Gasteiger partial charge on any atom is 0.412 e. The molecule has 0 unspecified atom stereocenters. The van der Waals surface area contributed by atoms with Gasteiger partial charge < -0.3 is 36.7 Å². The molecule has 3 aromatic carbocycles. The van der Waals surface area contributed by atoms with Gasteiger partial charge in [0.15, 0.2) is 0 Å². The van der Waals surface area contributed by atoms with E-state index in [9.17, 15) is 29.7 Å². The van der Waals surface area contributed by atoms with E-state index in [1.807, 2.05) is 54.6 Å². The van der Waals surface area contributed by atoms with Crippen LogP contribution >= 0.6 is 0 Å². The number of nitrogens with zero attached hydrogens (tertiary/aromatic N) is 2. The van der Waals surface area contributed by atoms with Crippen molar-refractivity contribution in [1.82, 2.24) is 15.3 Å². The van der Waals surface area contributed by atoms with Crippen LogP contribution in [0.4, 0.5) is 16.3 Å². The van der Waals surface area contributed by atoms with Gasteiger partial charge in [-0.15, -0.1) is 0 Å². The van der Waals surface area contributed by atoms with Gasteiger partial charge in [-0.1, -0.05) is 54.6 Å². The summed E-state index contributed by atoms with van der Waals surface area (Å²) < 4.78 is 0. The van der Waals surface area contributed by atoms with E-state index in [1.54, 1.807) is 24.4 Å². The minimum Gasteiger partial charge on any atom is -0.506 e. The fourth-order valence-corrected chi connectivity index (χ4v) is 6.88. The van der Waals surface area contributed by atoms with Crippen LogP contribution in [0.1, 0.15) is 61.3 Å². The minimum absolute atomic E-state index is 0.0667. The molecular formula is C40H44N6O6. The number of aryl methyl sites for hydroxylation is 1. The number of anilines is 2. The number of phenolic OH excluding ortho intramolecular Hbond substituents is 1. The number of carboxylic acid groups (broad SMARTS) is 1. The summed E-state index contributed by atoms with van der Waals surface area (Å²) in [6, 6.07) is 25.2. The molecule has 12 heteroatoms. The number of rotatable bonds is 13. The van der Waals surface area contributed by atoms with Crippen LogP contribution in [0.25, 0.3) is 22.0 Å². The van der Waals surface area contributed by atoms with Crippen LogP contribution in [0.3, 0.4) is 0 Å². The minimum atomic E-state index is -0.983. The summed E-state index contributed by atoms with van der Waals surface area (Å²) in [6.07, 6.45) is 4.21. The van der Waals surface area contributed by atoms with E-state index in [-0.39, 0.29) is 47.8 Å². The van der Waals surface area contributed by atoms with Crippen LogP contribution in [0.2, 0.25) is 0 Å². The standard InChI is InChI=1S/C40H44N6O6/c41-28-11-13-29(14-12-28)46(40(51)52)33-21-25(9-15-30(33)27-6-2-1-3-7-27)5-4-8-37(49)44-36-19-10-26(23-43-36)22-42-24-35(48)31-16-18-34(47)39-32(31)17-20-38(50)45-39/h1-3,6-7,9-10,15-21,23,28-29,35,42,47-48H,4-5,8,11-14,22,24,41H2,(H,45,50)(H,51,52)(H,43,44,49)/t28?,29?,35-/m1/s1. The molecule has 1 atom stereocenters. The van der Waals surface area contributed by atoms with E-state index in [4.69, 9.17) is 5.73 Å². The number of nitrogens with two attached hydrogens (primary N) is 1. The number of aromatic amines is 1. The number of pyridine rings is 2. The molecule has 1 fully saturated rings. The van der Waals surface area contributed by atoms with Crippen molar-refractivity contribution < 1.29 is 24.9 Å². The van der Waals surface area contributed by atoms with Crippen LogP contribution in [-0.4, -0.2) is 55.9 Å². The second-order valence-electron chi connectivity index (χ2n) is 13.3. The number of benzene rings is 3. The number of aliphatic hydroxyl groups is 1. The van der Waals surface area contributed by atoms with Crippen molar-refractivity contribution in [2.75, 3.05) is 16.8 Å². The van der Waals surface area contributed by atoms with Gasteiger partial charge in [0.2, 0.25) is 11.5 Å². The van der Waals surface area contributed by atoms with Gasteiger partial charge in [-0.05, 0) is 85.0 Å². The Balaban J connectivity index is 1.02. The van der Waals surface area contributed by atoms with Gasteiger partial charge in [0.05, 0.1) is 17.3 Å². The van der Waals surface area contributed by atoms with Crippen LogP contribution in [0.15, 0.2) is 95.9 Å². The lowest BCUT2D eigenvalue weighted by Gasteiger charge is -2.35. The molecule has 0 aliphatic heterocycles. The van der Waals surface area contributed by atoms with E-state index in [0.717, 1.165) is 35.1 Å². The number of aromatic nitrogens is 2. The molecule has 2 amide bonds. The van der Waals surface area contributed by atoms with Gasteiger partial charge in [0.1, 0.15) is 11.6 Å².